The molecule has 32 heavy (non-hydrogen) atoms. The Kier molecular flexibility index (Phi) is 4.39. The number of nitrogens with zero attached hydrogens (tertiary/aromatic N) is 5. The smallest absolute Gasteiger partial charge is 0.164 e. The highest BCUT2D eigenvalue weighted by molar-refractivity contribution is 5.82. The lowest BCUT2D eigenvalue weighted by Gasteiger charge is -2.31. The lowest BCUT2D eigenvalue weighted by atomic mass is 10.0. The topological polar surface area (TPSA) is 84.9 Å². The second kappa shape index (κ2) is 9.06. The molecule has 3 aromatic heterocycles. The Morgan fingerprint density at radius 3 is 2.66 bits per heavy atom. The molecule has 1 aliphatic heterocycles. The maximum Gasteiger partial charge on any atom is 0.164 e. The van der Waals surface area contributed by atoms with Crippen molar-refractivity contribution < 1.29 is 6.85 Å². The summed E-state index contributed by atoms with van der Waals surface area (Å²) in [6, 6.07) is 15.0. The number of benzene rings is 1. The first-order chi connectivity index (χ1) is 17.6. The van der Waals surface area contributed by atoms with E-state index in [-0.39, 0.29) is 12.5 Å². The highest BCUT2D eigenvalue weighted by atomic mass is 15.1. The average Bonchev–Trinajstić information content (AvgIpc) is 3.23. The molecule has 3 N–H and O–H groups in total. The molecular weight excluding hydrogens is 398 g/mol. The zero-order valence-electron chi connectivity index (χ0n) is 22.7. The minimum absolute atomic E-state index is 0.125. The number of hydrogen-bond donors (Lipinski definition) is 2. The molecule has 0 unspecified atom stereocenters. The molecule has 0 spiro atoms. The third kappa shape index (κ3) is 4.09. The van der Waals surface area contributed by atoms with Crippen LogP contribution in [0.25, 0.3) is 28.2 Å². The molecule has 1 aromatic carbocycles. The second-order valence-corrected chi connectivity index (χ2v) is 7.96. The van der Waals surface area contributed by atoms with Crippen LogP contribution in [-0.4, -0.2) is 57.0 Å². The van der Waals surface area contributed by atoms with Crippen LogP contribution in [0.5, 0.6) is 0 Å². The molecule has 0 atom stereocenters. The molecule has 0 radical (unpaired) electrons. The van der Waals surface area contributed by atoms with Crippen LogP contribution < -0.4 is 11.1 Å². The monoisotopic (exact) mass is 432 g/mol. The van der Waals surface area contributed by atoms with Crippen LogP contribution in [0.2, 0.25) is 0 Å². The molecule has 0 bridgehead atoms. The fourth-order valence-electron chi connectivity index (χ4n) is 4.09. The number of nitrogens with two attached hydrogens (primary N) is 1. The van der Waals surface area contributed by atoms with Gasteiger partial charge in [-0.15, -0.1) is 0 Å². The van der Waals surface area contributed by atoms with Gasteiger partial charge in [-0.1, -0.05) is 12.1 Å². The summed E-state index contributed by atoms with van der Waals surface area (Å²) in [5.74, 6) is 1.01. The second-order valence-electron chi connectivity index (χ2n) is 7.96. The quantitative estimate of drug-likeness (QED) is 0.486. The summed E-state index contributed by atoms with van der Waals surface area (Å²) in [6.45, 7) is -2.72. The molecular formula is C25H29N7. The minimum atomic E-state index is -2.17. The van der Waals surface area contributed by atoms with Gasteiger partial charge in [-0.2, -0.15) is 0 Å². The molecule has 164 valence electrons. The number of pyridine rings is 2. The lowest BCUT2D eigenvalue weighted by Crippen LogP contribution is -2.41. The summed E-state index contributed by atoms with van der Waals surface area (Å²) in [4.78, 5) is 15.3. The van der Waals surface area contributed by atoms with Crippen molar-refractivity contribution in [2.75, 3.05) is 32.3 Å². The molecule has 5 rings (SSSR count). The molecule has 7 nitrogen and oxygen atoms in total. The van der Waals surface area contributed by atoms with Crippen molar-refractivity contribution in [1.82, 2.24) is 29.7 Å². The molecule has 4 aromatic rings. The summed E-state index contributed by atoms with van der Waals surface area (Å²) in [6.07, 6.45) is 4.77. The molecule has 0 aliphatic carbocycles. The molecule has 1 saturated heterocycles. The van der Waals surface area contributed by atoms with E-state index in [4.69, 9.17) is 17.6 Å². The predicted molar refractivity (Wildman–Crippen MR) is 129 cm³/mol. The number of likely N-dealkylation sites (tertiary alicyclic amines) is 1. The summed E-state index contributed by atoms with van der Waals surface area (Å²) in [5.41, 5.74) is 9.98. The Morgan fingerprint density at radius 2 is 1.88 bits per heavy atom. The summed E-state index contributed by atoms with van der Waals surface area (Å²) >= 11 is 0. The van der Waals surface area contributed by atoms with Crippen molar-refractivity contribution in [3.8, 4) is 17.1 Å². The molecule has 7 heteroatoms. The van der Waals surface area contributed by atoms with Gasteiger partial charge in [0.2, 0.25) is 0 Å². The van der Waals surface area contributed by atoms with E-state index in [0.717, 1.165) is 16.8 Å². The van der Waals surface area contributed by atoms with E-state index in [0.29, 0.717) is 48.8 Å². The van der Waals surface area contributed by atoms with Crippen molar-refractivity contribution in [1.29, 1.82) is 0 Å². The first kappa shape index (κ1) is 15.5. The van der Waals surface area contributed by atoms with Gasteiger partial charge in [0.15, 0.2) is 11.5 Å². The van der Waals surface area contributed by atoms with Crippen LogP contribution in [-0.2, 0) is 6.42 Å². The number of fused-ring (bicyclic) bond motifs is 1. The van der Waals surface area contributed by atoms with Crippen molar-refractivity contribution in [3.05, 3.63) is 66.5 Å². The number of hydrogen-bond acceptors (Lipinski definition) is 6. The standard InChI is InChI=1S/C25H29N7/c1-27-19-11-16-31(17-12-19)15-10-18-6-8-20(9-7-18)32-24(21-4-2-13-28-23(21)26)30-22-5-3-14-29-25(22)32/h2-9,13-14,19,27H,10-12,15-17H2,1H3,(H2,26,28)/i1D3,15D2. The highest BCUT2D eigenvalue weighted by Gasteiger charge is 2.19. The van der Waals surface area contributed by atoms with E-state index in [2.05, 4.69) is 15.3 Å². The Morgan fingerprint density at radius 1 is 1.09 bits per heavy atom. The third-order valence-corrected chi connectivity index (χ3v) is 5.90. The first-order valence-electron chi connectivity index (χ1n) is 13.3. The molecule has 0 saturated carbocycles. The largest absolute Gasteiger partial charge is 0.383 e. The van der Waals surface area contributed by atoms with Crippen LogP contribution in [0.15, 0.2) is 60.9 Å². The minimum Gasteiger partial charge on any atom is -0.383 e. The number of nitrogen functional groups attached to an aromatic ring is 1. The van der Waals surface area contributed by atoms with Crippen molar-refractivity contribution >= 4 is 17.0 Å². The third-order valence-electron chi connectivity index (χ3n) is 5.90. The van der Waals surface area contributed by atoms with Gasteiger partial charge in [0, 0.05) is 37.5 Å². The van der Waals surface area contributed by atoms with E-state index in [1.807, 2.05) is 53.1 Å². The van der Waals surface area contributed by atoms with Crippen LogP contribution >= 0.6 is 0 Å². The van der Waals surface area contributed by atoms with E-state index in [1.165, 1.54) is 0 Å². The number of imidazole rings is 1. The first-order valence-corrected chi connectivity index (χ1v) is 10.8. The lowest BCUT2D eigenvalue weighted by molar-refractivity contribution is 0.204. The number of nitrogens with one attached hydrogen (secondary N) is 1. The van der Waals surface area contributed by atoms with Gasteiger partial charge < -0.3 is 16.0 Å². The van der Waals surface area contributed by atoms with E-state index < -0.39 is 13.5 Å². The highest BCUT2D eigenvalue weighted by Crippen LogP contribution is 2.30. The van der Waals surface area contributed by atoms with E-state index in [9.17, 15) is 0 Å². The number of anilines is 1. The molecule has 4 heterocycles. The number of rotatable bonds is 6. The van der Waals surface area contributed by atoms with Gasteiger partial charge in [-0.25, -0.2) is 15.0 Å². The Balaban J connectivity index is 1.37. The summed E-state index contributed by atoms with van der Waals surface area (Å²) < 4.78 is 41.5. The fourth-order valence-corrected chi connectivity index (χ4v) is 4.09. The van der Waals surface area contributed by atoms with E-state index in [1.54, 1.807) is 17.3 Å². The number of piperidine rings is 1. The summed E-state index contributed by atoms with van der Waals surface area (Å²) in [5, 5.41) is 2.66. The van der Waals surface area contributed by atoms with Crippen molar-refractivity contribution in [2.45, 2.75) is 25.3 Å². The maximum absolute atomic E-state index is 8.69. The number of aromatic nitrogens is 4. The Labute approximate surface area is 195 Å². The molecule has 1 aliphatic rings. The van der Waals surface area contributed by atoms with Gasteiger partial charge in [0.05, 0.1) is 5.56 Å². The van der Waals surface area contributed by atoms with Gasteiger partial charge >= 0.3 is 0 Å². The van der Waals surface area contributed by atoms with Crippen molar-refractivity contribution in [3.63, 3.8) is 0 Å². The molecule has 0 amide bonds. The van der Waals surface area contributed by atoms with Crippen LogP contribution in [0, 0.1) is 0 Å². The van der Waals surface area contributed by atoms with Crippen LogP contribution in [0.3, 0.4) is 0 Å². The predicted octanol–water partition coefficient (Wildman–Crippen LogP) is 3.29. The fraction of sp³-hybridized carbons (Fsp3) is 0.320. The SMILES string of the molecule is [2H]C([2H])([2H])NC1CCN(C([2H])([2H])Cc2ccc(-n3c(-c4cccnc4N)nc4cccnc43)cc2)CC1. The summed E-state index contributed by atoms with van der Waals surface area (Å²) in [7, 11) is 0. The zero-order valence-corrected chi connectivity index (χ0v) is 17.7. The van der Waals surface area contributed by atoms with Crippen LogP contribution in [0.4, 0.5) is 5.82 Å². The van der Waals surface area contributed by atoms with Gasteiger partial charge in [0.1, 0.15) is 11.3 Å². The average molecular weight is 433 g/mol. The molecule has 1 fully saturated rings. The number of aryl methyl sites for hydroxylation is 1. The normalized spacial score (nSPS) is 18.6. The van der Waals surface area contributed by atoms with E-state index >= 15 is 0 Å². The maximum atomic E-state index is 8.69. The van der Waals surface area contributed by atoms with Gasteiger partial charge in [0.25, 0.3) is 0 Å². The van der Waals surface area contributed by atoms with Gasteiger partial charge in [-0.05, 0) is 81.3 Å². The Bertz CT molecular complexity index is 1380. The Hall–Kier alpha value is -3.29. The van der Waals surface area contributed by atoms with Crippen LogP contribution in [0.1, 0.15) is 25.3 Å². The zero-order chi connectivity index (χ0) is 26.2. The van der Waals surface area contributed by atoms with Gasteiger partial charge in [-0.3, -0.25) is 4.57 Å². The van der Waals surface area contributed by atoms with Crippen molar-refractivity contribution in [2.24, 2.45) is 0 Å².